The van der Waals surface area contributed by atoms with Gasteiger partial charge >= 0.3 is 0 Å². The molecular formula is C15H20ClNOS. The van der Waals surface area contributed by atoms with Gasteiger partial charge in [-0.05, 0) is 55.2 Å². The number of hydrogen-bond acceptors (Lipinski definition) is 3. The van der Waals surface area contributed by atoms with Gasteiger partial charge in [0.15, 0.2) is 0 Å². The molecule has 2 aliphatic rings. The predicted molar refractivity (Wildman–Crippen MR) is 81.1 cm³/mol. The number of benzene rings is 1. The van der Waals surface area contributed by atoms with Gasteiger partial charge in [-0.2, -0.15) is 0 Å². The second kappa shape index (κ2) is 6.04. The van der Waals surface area contributed by atoms with E-state index < -0.39 is 0 Å². The van der Waals surface area contributed by atoms with Gasteiger partial charge < -0.3 is 10.1 Å². The Labute approximate surface area is 124 Å². The molecule has 1 fully saturated rings. The zero-order chi connectivity index (χ0) is 13.2. The molecule has 1 N–H and O–H groups in total. The zero-order valence-corrected chi connectivity index (χ0v) is 12.8. The number of methoxy groups -OCH3 is 1. The van der Waals surface area contributed by atoms with Crippen molar-refractivity contribution in [2.24, 2.45) is 0 Å². The molecule has 2 nitrogen and oxygen atoms in total. The fourth-order valence-electron chi connectivity index (χ4n) is 3.20. The molecule has 3 atom stereocenters. The minimum Gasteiger partial charge on any atom is -0.380 e. The molecule has 0 amide bonds. The highest BCUT2D eigenvalue weighted by atomic mass is 35.5. The summed E-state index contributed by atoms with van der Waals surface area (Å²) in [6, 6.07) is 7.18. The highest BCUT2D eigenvalue weighted by molar-refractivity contribution is 7.99. The number of hydrogen-bond donors (Lipinski definition) is 1. The number of halogens is 1. The van der Waals surface area contributed by atoms with E-state index in [1.807, 2.05) is 24.9 Å². The van der Waals surface area contributed by atoms with Gasteiger partial charge in [0.2, 0.25) is 0 Å². The van der Waals surface area contributed by atoms with E-state index in [4.69, 9.17) is 16.3 Å². The van der Waals surface area contributed by atoms with Crippen molar-refractivity contribution >= 4 is 23.4 Å². The van der Waals surface area contributed by atoms with Crippen LogP contribution in [0.25, 0.3) is 0 Å². The average molecular weight is 298 g/mol. The molecule has 1 saturated carbocycles. The minimum atomic E-state index is 0.372. The topological polar surface area (TPSA) is 21.3 Å². The SMILES string of the molecule is COC1CCCC1NC1CCSc2ccc(Cl)cc21. The maximum Gasteiger partial charge on any atom is 0.0724 e. The van der Waals surface area contributed by atoms with Crippen LogP contribution in [0.2, 0.25) is 5.02 Å². The maximum atomic E-state index is 6.15. The first-order valence-electron chi connectivity index (χ1n) is 6.99. The Morgan fingerprint density at radius 1 is 1.32 bits per heavy atom. The highest BCUT2D eigenvalue weighted by Crippen LogP contribution is 2.38. The van der Waals surface area contributed by atoms with Crippen LogP contribution < -0.4 is 5.32 Å². The summed E-state index contributed by atoms with van der Waals surface area (Å²) in [7, 11) is 1.83. The summed E-state index contributed by atoms with van der Waals surface area (Å²) in [6.45, 7) is 0. The number of thioether (sulfide) groups is 1. The third kappa shape index (κ3) is 2.94. The molecule has 1 aliphatic heterocycles. The molecule has 1 aromatic carbocycles. The lowest BCUT2D eigenvalue weighted by Crippen LogP contribution is -2.40. The first-order chi connectivity index (χ1) is 9.28. The molecule has 0 radical (unpaired) electrons. The molecule has 1 heterocycles. The average Bonchev–Trinajstić information content (AvgIpc) is 2.87. The first kappa shape index (κ1) is 13.7. The Balaban J connectivity index is 1.78. The lowest BCUT2D eigenvalue weighted by molar-refractivity contribution is 0.0808. The summed E-state index contributed by atoms with van der Waals surface area (Å²) < 4.78 is 5.58. The summed E-state index contributed by atoms with van der Waals surface area (Å²) in [5, 5.41) is 4.64. The predicted octanol–water partition coefficient (Wildman–Crippen LogP) is 4.03. The van der Waals surface area contributed by atoms with E-state index in [0.717, 1.165) is 5.02 Å². The number of nitrogens with one attached hydrogen (secondary N) is 1. The van der Waals surface area contributed by atoms with E-state index in [9.17, 15) is 0 Å². The number of rotatable bonds is 3. The van der Waals surface area contributed by atoms with Gasteiger partial charge in [-0.15, -0.1) is 11.8 Å². The maximum absolute atomic E-state index is 6.15. The van der Waals surface area contributed by atoms with Gasteiger partial charge in [-0.3, -0.25) is 0 Å². The van der Waals surface area contributed by atoms with Crippen LogP contribution in [-0.4, -0.2) is 25.0 Å². The van der Waals surface area contributed by atoms with Crippen molar-refractivity contribution in [1.82, 2.24) is 5.32 Å². The summed E-state index contributed by atoms with van der Waals surface area (Å²) in [5.74, 6) is 1.18. The standard InChI is InChI=1S/C15H20ClNOS/c1-18-14-4-2-3-13(14)17-12-7-8-19-15-6-5-10(16)9-11(12)15/h5-6,9,12-14,17H,2-4,7-8H2,1H3. The highest BCUT2D eigenvalue weighted by Gasteiger charge is 2.31. The molecule has 3 unspecified atom stereocenters. The van der Waals surface area contributed by atoms with Crippen molar-refractivity contribution in [3.63, 3.8) is 0 Å². The van der Waals surface area contributed by atoms with Crippen molar-refractivity contribution in [3.8, 4) is 0 Å². The molecule has 3 rings (SSSR count). The monoisotopic (exact) mass is 297 g/mol. The van der Waals surface area contributed by atoms with Crippen LogP contribution in [0.1, 0.15) is 37.3 Å². The molecule has 4 heteroatoms. The lowest BCUT2D eigenvalue weighted by Gasteiger charge is -2.31. The van der Waals surface area contributed by atoms with E-state index in [2.05, 4.69) is 17.4 Å². The van der Waals surface area contributed by atoms with Gasteiger partial charge in [0, 0.05) is 29.1 Å². The van der Waals surface area contributed by atoms with Gasteiger partial charge in [0.25, 0.3) is 0 Å². The van der Waals surface area contributed by atoms with Crippen LogP contribution in [-0.2, 0) is 4.74 Å². The van der Waals surface area contributed by atoms with Crippen LogP contribution in [0.3, 0.4) is 0 Å². The molecule has 104 valence electrons. The molecule has 0 bridgehead atoms. The Morgan fingerprint density at radius 2 is 2.21 bits per heavy atom. The van der Waals surface area contributed by atoms with Crippen LogP contribution >= 0.6 is 23.4 Å². The van der Waals surface area contributed by atoms with Gasteiger partial charge in [0.05, 0.1) is 6.10 Å². The zero-order valence-electron chi connectivity index (χ0n) is 11.2. The molecule has 0 aromatic heterocycles. The van der Waals surface area contributed by atoms with Gasteiger partial charge in [-0.1, -0.05) is 11.6 Å². The lowest BCUT2D eigenvalue weighted by atomic mass is 10.0. The summed E-state index contributed by atoms with van der Waals surface area (Å²) in [6.07, 6.45) is 5.21. The van der Waals surface area contributed by atoms with E-state index in [-0.39, 0.29) is 0 Å². The summed E-state index contributed by atoms with van der Waals surface area (Å²) >= 11 is 8.09. The first-order valence-corrected chi connectivity index (χ1v) is 8.35. The van der Waals surface area contributed by atoms with Crippen molar-refractivity contribution in [2.75, 3.05) is 12.9 Å². The van der Waals surface area contributed by atoms with Gasteiger partial charge in [-0.25, -0.2) is 0 Å². The molecule has 1 aromatic rings. The molecule has 0 saturated heterocycles. The van der Waals surface area contributed by atoms with Crippen molar-refractivity contribution in [2.45, 2.75) is 48.8 Å². The van der Waals surface area contributed by atoms with E-state index in [1.54, 1.807) is 0 Å². The van der Waals surface area contributed by atoms with Crippen molar-refractivity contribution in [3.05, 3.63) is 28.8 Å². The normalized spacial score (nSPS) is 30.3. The van der Waals surface area contributed by atoms with Crippen LogP contribution in [0.5, 0.6) is 0 Å². The van der Waals surface area contributed by atoms with E-state index >= 15 is 0 Å². The third-order valence-electron chi connectivity index (χ3n) is 4.18. The summed E-state index contributed by atoms with van der Waals surface area (Å²) in [4.78, 5) is 1.38. The van der Waals surface area contributed by atoms with Gasteiger partial charge in [0.1, 0.15) is 0 Å². The quantitative estimate of drug-likeness (QED) is 0.910. The molecule has 19 heavy (non-hydrogen) atoms. The minimum absolute atomic E-state index is 0.372. The number of fused-ring (bicyclic) bond motifs is 1. The van der Waals surface area contributed by atoms with Crippen LogP contribution in [0.4, 0.5) is 0 Å². The van der Waals surface area contributed by atoms with E-state index in [0.29, 0.717) is 18.2 Å². The fourth-order valence-corrected chi connectivity index (χ4v) is 4.48. The Hall–Kier alpha value is -0.220. The van der Waals surface area contributed by atoms with Crippen LogP contribution in [0, 0.1) is 0 Å². The smallest absolute Gasteiger partial charge is 0.0724 e. The largest absolute Gasteiger partial charge is 0.380 e. The Morgan fingerprint density at radius 3 is 3.05 bits per heavy atom. The Kier molecular flexibility index (Phi) is 4.37. The summed E-state index contributed by atoms with van der Waals surface area (Å²) in [5.41, 5.74) is 1.37. The van der Waals surface area contributed by atoms with Crippen molar-refractivity contribution in [1.29, 1.82) is 0 Å². The molecule has 0 spiro atoms. The second-order valence-corrected chi connectivity index (χ2v) is 6.92. The van der Waals surface area contributed by atoms with Crippen LogP contribution in [0.15, 0.2) is 23.1 Å². The number of ether oxygens (including phenoxy) is 1. The molecule has 1 aliphatic carbocycles. The second-order valence-electron chi connectivity index (χ2n) is 5.35. The Bertz CT molecular complexity index is 454. The fraction of sp³-hybridized carbons (Fsp3) is 0.600. The molecular weight excluding hydrogens is 278 g/mol. The third-order valence-corrected chi connectivity index (χ3v) is 5.54. The van der Waals surface area contributed by atoms with Crippen molar-refractivity contribution < 1.29 is 4.74 Å². The van der Waals surface area contributed by atoms with E-state index in [1.165, 1.54) is 41.9 Å².